The number of nitrogens with one attached hydrogen (secondary N) is 1. The van der Waals surface area contributed by atoms with Gasteiger partial charge in [-0.1, -0.05) is 31.1 Å². The van der Waals surface area contributed by atoms with Gasteiger partial charge in [0.05, 0.1) is 6.61 Å². The zero-order valence-corrected chi connectivity index (χ0v) is 13.9. The molecular weight excluding hydrogens is 306 g/mol. The van der Waals surface area contributed by atoms with Crippen molar-refractivity contribution in [3.05, 3.63) is 47.2 Å². The average Bonchev–Trinajstić information content (AvgIpc) is 2.96. The van der Waals surface area contributed by atoms with Gasteiger partial charge in [0.15, 0.2) is 5.82 Å². The summed E-state index contributed by atoms with van der Waals surface area (Å²) in [6.45, 7) is 6.50. The molecule has 0 aliphatic heterocycles. The molecule has 0 aliphatic carbocycles. The lowest BCUT2D eigenvalue weighted by Crippen LogP contribution is -2.13. The summed E-state index contributed by atoms with van der Waals surface area (Å²) in [5, 5.41) is 15.4. The first kappa shape index (κ1) is 17.3. The van der Waals surface area contributed by atoms with Crippen LogP contribution in [0.5, 0.6) is 5.75 Å². The SMILES string of the molecule is Cc1cc(NC(=O)/C(C#N)=C\c2ccc(OCC(C)C)cc2)no1. The second-order valence-electron chi connectivity index (χ2n) is 5.72. The second-order valence-corrected chi connectivity index (χ2v) is 5.72. The van der Waals surface area contributed by atoms with Crippen LogP contribution in [0.1, 0.15) is 25.2 Å². The molecular formula is C18H19N3O3. The predicted octanol–water partition coefficient (Wildman–Crippen LogP) is 3.56. The van der Waals surface area contributed by atoms with E-state index in [2.05, 4.69) is 24.3 Å². The standard InChI is InChI=1S/C18H19N3O3/c1-12(2)11-23-16-6-4-14(5-7-16)9-15(10-19)18(22)20-17-8-13(3)24-21-17/h4-9,12H,11H2,1-3H3,(H,20,21,22)/b15-9-. The third-order valence-corrected chi connectivity index (χ3v) is 3.01. The van der Waals surface area contributed by atoms with Crippen molar-refractivity contribution in [2.75, 3.05) is 11.9 Å². The third kappa shape index (κ3) is 4.99. The molecule has 2 rings (SSSR count). The summed E-state index contributed by atoms with van der Waals surface area (Å²) in [5.41, 5.74) is 0.710. The fraction of sp³-hybridized carbons (Fsp3) is 0.278. The molecule has 0 atom stereocenters. The number of hydrogen-bond acceptors (Lipinski definition) is 5. The van der Waals surface area contributed by atoms with E-state index in [1.165, 1.54) is 6.08 Å². The van der Waals surface area contributed by atoms with Crippen molar-refractivity contribution in [1.29, 1.82) is 5.26 Å². The highest BCUT2D eigenvalue weighted by Gasteiger charge is 2.11. The van der Waals surface area contributed by atoms with Gasteiger partial charge in [0.1, 0.15) is 23.2 Å². The maximum Gasteiger partial charge on any atom is 0.267 e. The molecule has 0 radical (unpaired) electrons. The maximum atomic E-state index is 12.1. The van der Waals surface area contributed by atoms with Crippen LogP contribution >= 0.6 is 0 Å². The number of benzene rings is 1. The maximum absolute atomic E-state index is 12.1. The van der Waals surface area contributed by atoms with Crippen LogP contribution in [-0.4, -0.2) is 17.7 Å². The summed E-state index contributed by atoms with van der Waals surface area (Å²) in [6, 6.07) is 10.7. The zero-order valence-electron chi connectivity index (χ0n) is 13.9. The van der Waals surface area contributed by atoms with Crippen LogP contribution in [0.2, 0.25) is 0 Å². The van der Waals surface area contributed by atoms with Gasteiger partial charge in [0.25, 0.3) is 5.91 Å². The Hall–Kier alpha value is -3.07. The minimum Gasteiger partial charge on any atom is -0.493 e. The Bertz CT molecular complexity index is 768. The first-order valence-corrected chi connectivity index (χ1v) is 7.57. The lowest BCUT2D eigenvalue weighted by Gasteiger charge is -2.08. The topological polar surface area (TPSA) is 88.2 Å². The Labute approximate surface area is 140 Å². The van der Waals surface area contributed by atoms with Crippen LogP contribution in [0, 0.1) is 24.2 Å². The number of nitriles is 1. The molecule has 0 unspecified atom stereocenters. The highest BCUT2D eigenvalue weighted by Crippen LogP contribution is 2.16. The number of aromatic nitrogens is 1. The number of carbonyl (C=O) groups excluding carboxylic acids is 1. The Morgan fingerprint density at radius 2 is 2.12 bits per heavy atom. The van der Waals surface area contributed by atoms with E-state index in [9.17, 15) is 10.1 Å². The van der Waals surface area contributed by atoms with E-state index in [4.69, 9.17) is 9.26 Å². The number of hydrogen-bond donors (Lipinski definition) is 1. The minimum atomic E-state index is -0.536. The predicted molar refractivity (Wildman–Crippen MR) is 90.2 cm³/mol. The minimum absolute atomic E-state index is 0.0218. The van der Waals surface area contributed by atoms with Crippen LogP contribution in [0.25, 0.3) is 6.08 Å². The van der Waals surface area contributed by atoms with Gasteiger partial charge < -0.3 is 14.6 Å². The van der Waals surface area contributed by atoms with Crippen molar-refractivity contribution < 1.29 is 14.1 Å². The van der Waals surface area contributed by atoms with Crippen LogP contribution in [0.3, 0.4) is 0 Å². The average molecular weight is 325 g/mol. The van der Waals surface area contributed by atoms with Gasteiger partial charge in [-0.05, 0) is 36.6 Å². The van der Waals surface area contributed by atoms with Crippen molar-refractivity contribution in [3.8, 4) is 11.8 Å². The monoisotopic (exact) mass is 325 g/mol. The van der Waals surface area contributed by atoms with Gasteiger partial charge in [0.2, 0.25) is 0 Å². The van der Waals surface area contributed by atoms with Crippen LogP contribution in [0.15, 0.2) is 40.4 Å². The molecule has 0 aliphatic rings. The molecule has 2 aromatic rings. The van der Waals surface area contributed by atoms with Crippen LogP contribution < -0.4 is 10.1 Å². The summed E-state index contributed by atoms with van der Waals surface area (Å²) in [5.74, 6) is 1.51. The highest BCUT2D eigenvalue weighted by atomic mass is 16.5. The van der Waals surface area contributed by atoms with Crippen molar-refractivity contribution in [2.24, 2.45) is 5.92 Å². The Balaban J connectivity index is 2.06. The Morgan fingerprint density at radius 3 is 2.67 bits per heavy atom. The summed E-state index contributed by atoms with van der Waals surface area (Å²) in [7, 11) is 0. The normalized spacial score (nSPS) is 11.2. The molecule has 1 aromatic carbocycles. The molecule has 0 spiro atoms. The molecule has 0 bridgehead atoms. The number of nitrogens with zero attached hydrogens (tertiary/aromatic N) is 2. The number of ether oxygens (including phenoxy) is 1. The molecule has 1 N–H and O–H groups in total. The van der Waals surface area contributed by atoms with Gasteiger partial charge in [-0.15, -0.1) is 0 Å². The van der Waals surface area contributed by atoms with E-state index in [0.29, 0.717) is 18.3 Å². The quantitative estimate of drug-likeness (QED) is 0.648. The molecule has 1 amide bonds. The van der Waals surface area contributed by atoms with E-state index in [-0.39, 0.29) is 11.4 Å². The third-order valence-electron chi connectivity index (χ3n) is 3.01. The van der Waals surface area contributed by atoms with Gasteiger partial charge in [0, 0.05) is 6.07 Å². The number of carbonyl (C=O) groups is 1. The van der Waals surface area contributed by atoms with E-state index >= 15 is 0 Å². The summed E-state index contributed by atoms with van der Waals surface area (Å²) < 4.78 is 10.5. The van der Waals surface area contributed by atoms with Gasteiger partial charge in [-0.3, -0.25) is 4.79 Å². The lowest BCUT2D eigenvalue weighted by molar-refractivity contribution is -0.112. The van der Waals surface area contributed by atoms with E-state index in [1.54, 1.807) is 25.1 Å². The fourth-order valence-corrected chi connectivity index (χ4v) is 1.85. The Morgan fingerprint density at radius 1 is 1.42 bits per heavy atom. The van der Waals surface area contributed by atoms with Gasteiger partial charge >= 0.3 is 0 Å². The number of anilines is 1. The molecule has 0 saturated carbocycles. The molecule has 0 fully saturated rings. The molecule has 1 heterocycles. The fourth-order valence-electron chi connectivity index (χ4n) is 1.85. The Kier molecular flexibility index (Phi) is 5.74. The van der Waals surface area contributed by atoms with Crippen molar-refractivity contribution in [3.63, 3.8) is 0 Å². The summed E-state index contributed by atoms with van der Waals surface area (Å²) >= 11 is 0. The van der Waals surface area contributed by atoms with Crippen molar-refractivity contribution in [1.82, 2.24) is 5.16 Å². The van der Waals surface area contributed by atoms with E-state index in [0.717, 1.165) is 11.3 Å². The number of rotatable bonds is 6. The molecule has 6 nitrogen and oxygen atoms in total. The van der Waals surface area contributed by atoms with Crippen LogP contribution in [-0.2, 0) is 4.79 Å². The largest absolute Gasteiger partial charge is 0.493 e. The molecule has 124 valence electrons. The zero-order chi connectivity index (χ0) is 17.5. The molecule has 24 heavy (non-hydrogen) atoms. The lowest BCUT2D eigenvalue weighted by atomic mass is 10.1. The van der Waals surface area contributed by atoms with Crippen LogP contribution in [0.4, 0.5) is 5.82 Å². The summed E-state index contributed by atoms with van der Waals surface area (Å²) in [6.07, 6.45) is 1.51. The summed E-state index contributed by atoms with van der Waals surface area (Å²) in [4.78, 5) is 12.1. The smallest absolute Gasteiger partial charge is 0.267 e. The van der Waals surface area contributed by atoms with Crippen molar-refractivity contribution in [2.45, 2.75) is 20.8 Å². The number of amides is 1. The first-order chi connectivity index (χ1) is 11.5. The molecule has 1 aromatic heterocycles. The second kappa shape index (κ2) is 7.97. The number of aryl methyl sites for hydroxylation is 1. The first-order valence-electron chi connectivity index (χ1n) is 7.57. The van der Waals surface area contributed by atoms with Crippen molar-refractivity contribution >= 4 is 17.8 Å². The highest BCUT2D eigenvalue weighted by molar-refractivity contribution is 6.09. The van der Waals surface area contributed by atoms with E-state index < -0.39 is 5.91 Å². The van der Waals surface area contributed by atoms with Gasteiger partial charge in [-0.2, -0.15) is 5.26 Å². The molecule has 6 heteroatoms. The van der Waals surface area contributed by atoms with Gasteiger partial charge in [-0.25, -0.2) is 0 Å². The van der Waals surface area contributed by atoms with E-state index in [1.807, 2.05) is 18.2 Å². The molecule has 0 saturated heterocycles.